The lowest BCUT2D eigenvalue weighted by atomic mass is 9.65. The van der Waals surface area contributed by atoms with E-state index in [9.17, 15) is 14.7 Å². The van der Waals surface area contributed by atoms with Gasteiger partial charge in [-0.1, -0.05) is 39.0 Å². The Labute approximate surface area is 109 Å². The van der Waals surface area contributed by atoms with E-state index in [4.69, 9.17) is 0 Å². The topological polar surface area (TPSA) is 54.4 Å². The molecule has 0 saturated heterocycles. The van der Waals surface area contributed by atoms with Crippen molar-refractivity contribution in [3.63, 3.8) is 0 Å². The van der Waals surface area contributed by atoms with E-state index in [1.54, 1.807) is 0 Å². The molecular formula is C15H24O3. The first kappa shape index (κ1) is 13.6. The SMILES string of the molecule is CC1CCC(C(=O)C2(C(=O)O)CCCCC2)CC1. The molecule has 0 aromatic heterocycles. The van der Waals surface area contributed by atoms with Gasteiger partial charge in [0.05, 0.1) is 0 Å². The molecule has 0 unspecified atom stereocenters. The van der Waals surface area contributed by atoms with Crippen molar-refractivity contribution in [2.45, 2.75) is 64.7 Å². The zero-order valence-corrected chi connectivity index (χ0v) is 11.3. The highest BCUT2D eigenvalue weighted by molar-refractivity contribution is 6.04. The van der Waals surface area contributed by atoms with Gasteiger partial charge in [0.25, 0.3) is 0 Å². The summed E-state index contributed by atoms with van der Waals surface area (Å²) in [5.74, 6) is -0.121. The average Bonchev–Trinajstić information content (AvgIpc) is 2.39. The normalized spacial score (nSPS) is 31.8. The summed E-state index contributed by atoms with van der Waals surface area (Å²) in [6, 6.07) is 0. The second kappa shape index (κ2) is 5.41. The largest absolute Gasteiger partial charge is 0.480 e. The number of Topliss-reactive ketones (excluding diaryl/α,β-unsaturated/α-hetero) is 1. The van der Waals surface area contributed by atoms with Crippen molar-refractivity contribution in [1.82, 2.24) is 0 Å². The first-order chi connectivity index (χ1) is 8.56. The molecule has 2 aliphatic carbocycles. The van der Waals surface area contributed by atoms with Gasteiger partial charge in [0, 0.05) is 5.92 Å². The van der Waals surface area contributed by atoms with Crippen LogP contribution in [0.15, 0.2) is 0 Å². The Morgan fingerprint density at radius 1 is 1.00 bits per heavy atom. The molecular weight excluding hydrogens is 228 g/mol. The van der Waals surface area contributed by atoms with E-state index >= 15 is 0 Å². The van der Waals surface area contributed by atoms with Crippen LogP contribution in [-0.2, 0) is 9.59 Å². The maximum Gasteiger partial charge on any atom is 0.317 e. The highest BCUT2D eigenvalue weighted by Gasteiger charge is 2.48. The molecule has 0 bridgehead atoms. The predicted molar refractivity (Wildman–Crippen MR) is 69.3 cm³/mol. The van der Waals surface area contributed by atoms with Gasteiger partial charge in [0.1, 0.15) is 5.41 Å². The van der Waals surface area contributed by atoms with Crippen LogP contribution in [0.2, 0.25) is 0 Å². The number of carboxylic acids is 1. The van der Waals surface area contributed by atoms with Crippen LogP contribution in [0.1, 0.15) is 64.7 Å². The van der Waals surface area contributed by atoms with Crippen LogP contribution in [0.4, 0.5) is 0 Å². The fraction of sp³-hybridized carbons (Fsp3) is 0.867. The second-order valence-corrected chi connectivity index (χ2v) is 6.27. The van der Waals surface area contributed by atoms with Crippen molar-refractivity contribution >= 4 is 11.8 Å². The van der Waals surface area contributed by atoms with Crippen LogP contribution in [0.25, 0.3) is 0 Å². The van der Waals surface area contributed by atoms with E-state index in [1.807, 2.05) is 0 Å². The number of carbonyl (C=O) groups is 2. The molecule has 2 saturated carbocycles. The lowest BCUT2D eigenvalue weighted by molar-refractivity contribution is -0.159. The number of aliphatic carboxylic acids is 1. The van der Waals surface area contributed by atoms with Crippen molar-refractivity contribution in [1.29, 1.82) is 0 Å². The predicted octanol–water partition coefficient (Wildman–Crippen LogP) is 3.42. The van der Waals surface area contributed by atoms with Crippen LogP contribution in [0.5, 0.6) is 0 Å². The minimum absolute atomic E-state index is 0.00963. The zero-order chi connectivity index (χ0) is 13.2. The van der Waals surface area contributed by atoms with Crippen LogP contribution in [0.3, 0.4) is 0 Å². The van der Waals surface area contributed by atoms with E-state index in [2.05, 4.69) is 6.92 Å². The molecule has 0 radical (unpaired) electrons. The van der Waals surface area contributed by atoms with Crippen molar-refractivity contribution in [2.24, 2.45) is 17.3 Å². The molecule has 3 nitrogen and oxygen atoms in total. The first-order valence-corrected chi connectivity index (χ1v) is 7.34. The summed E-state index contributed by atoms with van der Waals surface area (Å²) < 4.78 is 0. The summed E-state index contributed by atoms with van der Waals surface area (Å²) in [4.78, 5) is 24.2. The number of carboxylic acid groups (broad SMARTS) is 1. The second-order valence-electron chi connectivity index (χ2n) is 6.27. The maximum atomic E-state index is 12.6. The van der Waals surface area contributed by atoms with Crippen LogP contribution >= 0.6 is 0 Å². The molecule has 0 spiro atoms. The number of ketones is 1. The number of hydrogen-bond acceptors (Lipinski definition) is 2. The van der Waals surface area contributed by atoms with Gasteiger partial charge in [-0.15, -0.1) is 0 Å². The molecule has 1 N–H and O–H groups in total. The smallest absolute Gasteiger partial charge is 0.317 e. The minimum Gasteiger partial charge on any atom is -0.480 e. The standard InChI is InChI=1S/C15H24O3/c1-11-5-7-12(8-6-11)13(16)15(14(17)18)9-3-2-4-10-15/h11-12H,2-10H2,1H3,(H,17,18). The highest BCUT2D eigenvalue weighted by atomic mass is 16.4. The average molecular weight is 252 g/mol. The Balaban J connectivity index is 2.11. The fourth-order valence-corrected chi connectivity index (χ4v) is 3.63. The highest BCUT2D eigenvalue weighted by Crippen LogP contribution is 2.42. The first-order valence-electron chi connectivity index (χ1n) is 7.34. The molecule has 0 atom stereocenters. The van der Waals surface area contributed by atoms with E-state index in [-0.39, 0.29) is 11.7 Å². The molecule has 0 aromatic rings. The van der Waals surface area contributed by atoms with Gasteiger partial charge in [0.2, 0.25) is 0 Å². The molecule has 18 heavy (non-hydrogen) atoms. The Bertz CT molecular complexity index is 321. The van der Waals surface area contributed by atoms with Crippen LogP contribution in [0, 0.1) is 17.3 Å². The molecule has 2 aliphatic rings. The van der Waals surface area contributed by atoms with Crippen molar-refractivity contribution in [3.8, 4) is 0 Å². The van der Waals surface area contributed by atoms with Gasteiger partial charge in [-0.25, -0.2) is 0 Å². The quantitative estimate of drug-likeness (QED) is 0.783. The van der Waals surface area contributed by atoms with E-state index < -0.39 is 11.4 Å². The maximum absolute atomic E-state index is 12.6. The third kappa shape index (κ3) is 2.45. The van der Waals surface area contributed by atoms with E-state index in [1.165, 1.54) is 0 Å². The fourth-order valence-electron chi connectivity index (χ4n) is 3.63. The molecule has 0 aromatic carbocycles. The van der Waals surface area contributed by atoms with Gasteiger partial charge < -0.3 is 5.11 Å². The van der Waals surface area contributed by atoms with Gasteiger partial charge in [-0.05, 0) is 31.6 Å². The Kier molecular flexibility index (Phi) is 4.08. The Morgan fingerprint density at radius 2 is 1.56 bits per heavy atom. The molecule has 0 aliphatic heterocycles. The van der Waals surface area contributed by atoms with Crippen molar-refractivity contribution < 1.29 is 14.7 Å². The molecule has 0 heterocycles. The Hall–Kier alpha value is -0.860. The lowest BCUT2D eigenvalue weighted by Crippen LogP contribution is -2.45. The number of carbonyl (C=O) groups excluding carboxylic acids is 1. The van der Waals surface area contributed by atoms with Gasteiger partial charge in [-0.2, -0.15) is 0 Å². The number of rotatable bonds is 3. The summed E-state index contributed by atoms with van der Waals surface area (Å²) in [5.41, 5.74) is -1.04. The van der Waals surface area contributed by atoms with Gasteiger partial charge in [0.15, 0.2) is 5.78 Å². The summed E-state index contributed by atoms with van der Waals surface area (Å²) in [6.07, 6.45) is 7.93. The van der Waals surface area contributed by atoms with Gasteiger partial charge in [-0.3, -0.25) is 9.59 Å². The third-order valence-electron chi connectivity index (χ3n) is 4.97. The lowest BCUT2D eigenvalue weighted by Gasteiger charge is -2.36. The monoisotopic (exact) mass is 252 g/mol. The minimum atomic E-state index is -1.04. The van der Waals surface area contributed by atoms with E-state index in [0.29, 0.717) is 18.8 Å². The Morgan fingerprint density at radius 3 is 2.06 bits per heavy atom. The molecule has 0 amide bonds. The van der Waals surface area contributed by atoms with Crippen molar-refractivity contribution in [3.05, 3.63) is 0 Å². The summed E-state index contributed by atoms with van der Waals surface area (Å²) in [5, 5.41) is 9.52. The number of hydrogen-bond donors (Lipinski definition) is 1. The molecule has 102 valence electrons. The zero-order valence-electron chi connectivity index (χ0n) is 11.3. The van der Waals surface area contributed by atoms with Crippen molar-refractivity contribution in [2.75, 3.05) is 0 Å². The summed E-state index contributed by atoms with van der Waals surface area (Å²) in [6.45, 7) is 2.22. The summed E-state index contributed by atoms with van der Waals surface area (Å²) in [7, 11) is 0. The third-order valence-corrected chi connectivity index (χ3v) is 4.97. The molecule has 3 heteroatoms. The van der Waals surface area contributed by atoms with Crippen LogP contribution < -0.4 is 0 Å². The van der Waals surface area contributed by atoms with E-state index in [0.717, 1.165) is 44.9 Å². The van der Waals surface area contributed by atoms with Gasteiger partial charge >= 0.3 is 5.97 Å². The molecule has 2 rings (SSSR count). The van der Waals surface area contributed by atoms with Crippen LogP contribution in [-0.4, -0.2) is 16.9 Å². The summed E-state index contributed by atoms with van der Waals surface area (Å²) >= 11 is 0. The molecule has 2 fully saturated rings.